The highest BCUT2D eigenvalue weighted by Gasteiger charge is 2.19. The smallest absolute Gasteiger partial charge is 0.131 e. The summed E-state index contributed by atoms with van der Waals surface area (Å²) in [4.78, 5) is 0. The maximum absolute atomic E-state index is 14.0. The van der Waals surface area contributed by atoms with E-state index in [1.807, 2.05) is 32.0 Å². The van der Waals surface area contributed by atoms with Gasteiger partial charge >= 0.3 is 0 Å². The third kappa shape index (κ3) is 2.86. The van der Waals surface area contributed by atoms with Crippen LogP contribution in [-0.2, 0) is 0 Å². The number of nitrogens with one attached hydrogen (secondary N) is 1. The lowest BCUT2D eigenvalue weighted by Crippen LogP contribution is -2.29. The maximum atomic E-state index is 14.0. The number of benzene rings is 2. The molecule has 0 bridgehead atoms. The van der Waals surface area contributed by atoms with Gasteiger partial charge in [-0.3, -0.25) is 5.84 Å². The minimum Gasteiger partial charge on any atom is -0.271 e. The summed E-state index contributed by atoms with van der Waals surface area (Å²) in [6, 6.07) is 7.80. The topological polar surface area (TPSA) is 38.0 Å². The van der Waals surface area contributed by atoms with Gasteiger partial charge in [-0.1, -0.05) is 29.3 Å². The van der Waals surface area contributed by atoms with E-state index in [2.05, 4.69) is 5.43 Å². The Morgan fingerprint density at radius 1 is 0.900 bits per heavy atom. The number of halogens is 2. The Balaban J connectivity index is 2.55. The number of rotatable bonds is 3. The highest BCUT2D eigenvalue weighted by Crippen LogP contribution is 2.27. The Kier molecular flexibility index (Phi) is 4.16. The Hall–Kier alpha value is -1.78. The summed E-state index contributed by atoms with van der Waals surface area (Å²) in [6.45, 7) is 5.54. The Labute approximate surface area is 117 Å². The average molecular weight is 276 g/mol. The molecule has 2 aromatic carbocycles. The first-order valence-electron chi connectivity index (χ1n) is 6.42. The molecule has 0 radical (unpaired) electrons. The van der Waals surface area contributed by atoms with Crippen LogP contribution in [0.4, 0.5) is 8.78 Å². The molecule has 0 saturated heterocycles. The van der Waals surface area contributed by atoms with Crippen molar-refractivity contribution >= 4 is 0 Å². The molecule has 0 amide bonds. The Morgan fingerprint density at radius 3 is 2.05 bits per heavy atom. The summed E-state index contributed by atoms with van der Waals surface area (Å²) in [5.41, 5.74) is 6.35. The monoisotopic (exact) mass is 276 g/mol. The molecule has 1 atom stereocenters. The highest BCUT2D eigenvalue weighted by atomic mass is 19.1. The highest BCUT2D eigenvalue weighted by molar-refractivity contribution is 5.39. The summed E-state index contributed by atoms with van der Waals surface area (Å²) in [7, 11) is 0. The number of hydrogen-bond donors (Lipinski definition) is 2. The number of hydrogen-bond acceptors (Lipinski definition) is 2. The molecule has 2 aromatic rings. The Bertz CT molecular complexity index is 618. The van der Waals surface area contributed by atoms with Gasteiger partial charge < -0.3 is 0 Å². The van der Waals surface area contributed by atoms with Crippen LogP contribution in [0.15, 0.2) is 30.3 Å². The van der Waals surface area contributed by atoms with Crippen molar-refractivity contribution in [3.63, 3.8) is 0 Å². The quantitative estimate of drug-likeness (QED) is 0.665. The van der Waals surface area contributed by atoms with Crippen molar-refractivity contribution in [3.05, 3.63) is 69.8 Å². The van der Waals surface area contributed by atoms with Crippen molar-refractivity contribution in [2.45, 2.75) is 26.8 Å². The SMILES string of the molecule is Cc1cc(C)cc(C(NN)c2cc(C)c(F)cc2F)c1. The van der Waals surface area contributed by atoms with Crippen LogP contribution in [0.5, 0.6) is 0 Å². The van der Waals surface area contributed by atoms with E-state index >= 15 is 0 Å². The largest absolute Gasteiger partial charge is 0.271 e. The minimum absolute atomic E-state index is 0.344. The lowest BCUT2D eigenvalue weighted by Gasteiger charge is -2.19. The third-order valence-electron chi connectivity index (χ3n) is 3.33. The molecule has 0 saturated carbocycles. The molecule has 3 N–H and O–H groups in total. The van der Waals surface area contributed by atoms with Gasteiger partial charge in [0.2, 0.25) is 0 Å². The molecule has 0 heterocycles. The van der Waals surface area contributed by atoms with E-state index in [9.17, 15) is 8.78 Å². The predicted molar refractivity (Wildman–Crippen MR) is 76.2 cm³/mol. The van der Waals surface area contributed by atoms with Gasteiger partial charge in [0.15, 0.2) is 0 Å². The van der Waals surface area contributed by atoms with Crippen molar-refractivity contribution in [2.24, 2.45) is 5.84 Å². The third-order valence-corrected chi connectivity index (χ3v) is 3.33. The standard InChI is InChI=1S/C16H18F2N2/c1-9-4-10(2)6-12(5-9)16(20-19)13-7-11(3)14(17)8-15(13)18/h4-8,16,20H,19H2,1-3H3. The molecular formula is C16H18F2N2. The van der Waals surface area contributed by atoms with Gasteiger partial charge in [-0.05, 0) is 38.0 Å². The molecule has 4 heteroatoms. The zero-order chi connectivity index (χ0) is 14.9. The van der Waals surface area contributed by atoms with E-state index in [4.69, 9.17) is 5.84 Å². The van der Waals surface area contributed by atoms with Crippen LogP contribution in [0.3, 0.4) is 0 Å². The van der Waals surface area contributed by atoms with Gasteiger partial charge in [-0.15, -0.1) is 0 Å². The van der Waals surface area contributed by atoms with E-state index in [-0.39, 0.29) is 0 Å². The van der Waals surface area contributed by atoms with Gasteiger partial charge in [0, 0.05) is 11.6 Å². The van der Waals surface area contributed by atoms with Crippen molar-refractivity contribution < 1.29 is 8.78 Å². The van der Waals surface area contributed by atoms with Crippen LogP contribution in [0.25, 0.3) is 0 Å². The maximum Gasteiger partial charge on any atom is 0.131 e. The average Bonchev–Trinajstić information content (AvgIpc) is 2.35. The van der Waals surface area contributed by atoms with E-state index in [0.29, 0.717) is 11.1 Å². The van der Waals surface area contributed by atoms with Crippen molar-refractivity contribution in [2.75, 3.05) is 0 Å². The van der Waals surface area contributed by atoms with Crippen LogP contribution in [-0.4, -0.2) is 0 Å². The molecule has 2 nitrogen and oxygen atoms in total. The fourth-order valence-corrected chi connectivity index (χ4v) is 2.44. The zero-order valence-electron chi connectivity index (χ0n) is 11.8. The molecule has 0 spiro atoms. The predicted octanol–water partition coefficient (Wildman–Crippen LogP) is 3.44. The first-order chi connectivity index (χ1) is 9.42. The van der Waals surface area contributed by atoms with Gasteiger partial charge in [0.25, 0.3) is 0 Å². The number of aryl methyl sites for hydroxylation is 3. The van der Waals surface area contributed by atoms with Gasteiger partial charge in [0.05, 0.1) is 6.04 Å². The lowest BCUT2D eigenvalue weighted by molar-refractivity contribution is 0.538. The number of nitrogens with two attached hydrogens (primary N) is 1. The molecule has 0 fully saturated rings. The van der Waals surface area contributed by atoms with Crippen molar-refractivity contribution in [3.8, 4) is 0 Å². The molecule has 106 valence electrons. The zero-order valence-corrected chi connectivity index (χ0v) is 11.8. The molecule has 0 aliphatic heterocycles. The van der Waals surface area contributed by atoms with Crippen LogP contribution in [0.1, 0.15) is 33.9 Å². The van der Waals surface area contributed by atoms with Crippen LogP contribution < -0.4 is 11.3 Å². The summed E-state index contributed by atoms with van der Waals surface area (Å²) in [5, 5.41) is 0. The fraction of sp³-hybridized carbons (Fsp3) is 0.250. The first-order valence-corrected chi connectivity index (χ1v) is 6.42. The van der Waals surface area contributed by atoms with Gasteiger partial charge in [-0.25, -0.2) is 14.2 Å². The second-order valence-corrected chi connectivity index (χ2v) is 5.14. The van der Waals surface area contributed by atoms with Gasteiger partial charge in [-0.2, -0.15) is 0 Å². The van der Waals surface area contributed by atoms with Crippen LogP contribution in [0, 0.1) is 32.4 Å². The summed E-state index contributed by atoms with van der Waals surface area (Å²) >= 11 is 0. The second kappa shape index (κ2) is 5.69. The van der Waals surface area contributed by atoms with E-state index < -0.39 is 17.7 Å². The van der Waals surface area contributed by atoms with Crippen molar-refractivity contribution in [1.82, 2.24) is 5.43 Å². The van der Waals surface area contributed by atoms with Crippen LogP contribution >= 0.6 is 0 Å². The van der Waals surface area contributed by atoms with E-state index in [1.165, 1.54) is 6.07 Å². The molecule has 2 rings (SSSR count). The van der Waals surface area contributed by atoms with Gasteiger partial charge in [0.1, 0.15) is 11.6 Å². The number of hydrazine groups is 1. The minimum atomic E-state index is -0.602. The Morgan fingerprint density at radius 2 is 1.50 bits per heavy atom. The normalized spacial score (nSPS) is 12.5. The van der Waals surface area contributed by atoms with Crippen LogP contribution in [0.2, 0.25) is 0 Å². The molecule has 0 aliphatic rings. The second-order valence-electron chi connectivity index (χ2n) is 5.14. The molecule has 0 aromatic heterocycles. The van der Waals surface area contributed by atoms with Crippen molar-refractivity contribution in [1.29, 1.82) is 0 Å². The summed E-state index contributed by atoms with van der Waals surface area (Å²) in [5.74, 6) is 4.43. The molecular weight excluding hydrogens is 258 g/mol. The molecule has 0 aliphatic carbocycles. The van der Waals surface area contributed by atoms with E-state index in [0.717, 1.165) is 22.8 Å². The molecule has 1 unspecified atom stereocenters. The fourth-order valence-electron chi connectivity index (χ4n) is 2.44. The lowest BCUT2D eigenvalue weighted by atomic mass is 9.94. The molecule has 20 heavy (non-hydrogen) atoms. The summed E-state index contributed by atoms with van der Waals surface area (Å²) in [6.07, 6.45) is 0. The summed E-state index contributed by atoms with van der Waals surface area (Å²) < 4.78 is 27.4. The van der Waals surface area contributed by atoms with E-state index in [1.54, 1.807) is 6.92 Å². The first kappa shape index (κ1) is 14.6.